The highest BCUT2D eigenvalue weighted by atomic mass is 35.5. The zero-order valence-electron chi connectivity index (χ0n) is 16.8. The summed E-state index contributed by atoms with van der Waals surface area (Å²) in [4.78, 5) is 28.5. The number of hydrogen-bond donors (Lipinski definition) is 4. The molecule has 0 atom stereocenters. The van der Waals surface area contributed by atoms with Gasteiger partial charge in [0.05, 0.1) is 11.9 Å². The van der Waals surface area contributed by atoms with Gasteiger partial charge in [0.25, 0.3) is 5.91 Å². The number of halogens is 1. The van der Waals surface area contributed by atoms with E-state index in [0.717, 1.165) is 16.5 Å². The van der Waals surface area contributed by atoms with Gasteiger partial charge in [-0.15, -0.1) is 0 Å². The first kappa shape index (κ1) is 21.1. The molecule has 0 aliphatic carbocycles. The Labute approximate surface area is 188 Å². The van der Waals surface area contributed by atoms with Gasteiger partial charge in [-0.25, -0.2) is 4.98 Å². The number of fused-ring (bicyclic) bond motifs is 1. The number of nitrogen functional groups attached to an aromatic ring is 1. The number of rotatable bonds is 6. The van der Waals surface area contributed by atoms with Crippen molar-refractivity contribution in [2.45, 2.75) is 6.54 Å². The quantitative estimate of drug-likeness (QED) is 0.205. The van der Waals surface area contributed by atoms with Gasteiger partial charge >= 0.3 is 0 Å². The fourth-order valence-corrected chi connectivity index (χ4v) is 3.49. The number of nitrogens with one attached hydrogen (secondary N) is 2. The largest absolute Gasteiger partial charge is 0.384 e. The molecule has 0 fully saturated rings. The molecule has 160 valence electrons. The van der Waals surface area contributed by atoms with Crippen molar-refractivity contribution in [3.05, 3.63) is 94.4 Å². The minimum absolute atomic E-state index is 0.0660. The lowest BCUT2D eigenvalue weighted by Crippen LogP contribution is -2.18. The second kappa shape index (κ2) is 8.52. The van der Waals surface area contributed by atoms with Crippen molar-refractivity contribution in [3.63, 3.8) is 0 Å². The highest BCUT2D eigenvalue weighted by Crippen LogP contribution is 2.24. The number of aromatic nitrogens is 2. The number of amides is 2. The first-order valence-electron chi connectivity index (χ1n) is 9.61. The Morgan fingerprint density at radius 3 is 2.34 bits per heavy atom. The van der Waals surface area contributed by atoms with Crippen LogP contribution in [0, 0.1) is 5.41 Å². The van der Waals surface area contributed by atoms with Crippen molar-refractivity contribution in [1.82, 2.24) is 9.55 Å². The zero-order chi connectivity index (χ0) is 22.8. The van der Waals surface area contributed by atoms with Crippen molar-refractivity contribution in [3.8, 4) is 0 Å². The highest BCUT2D eigenvalue weighted by molar-refractivity contribution is 6.29. The Bertz CT molecular complexity index is 1340. The number of nitrogens with zero attached hydrogens (tertiary/aromatic N) is 2. The number of hydrogen-bond acceptors (Lipinski definition) is 4. The summed E-state index contributed by atoms with van der Waals surface area (Å²) in [6.45, 7) is 0.353. The molecule has 2 amide bonds. The van der Waals surface area contributed by atoms with Crippen LogP contribution in [0.5, 0.6) is 0 Å². The van der Waals surface area contributed by atoms with Crippen LogP contribution < -0.4 is 16.8 Å². The number of benzene rings is 2. The molecule has 0 aliphatic rings. The molecule has 2 heterocycles. The minimum atomic E-state index is -0.509. The lowest BCUT2D eigenvalue weighted by Gasteiger charge is -2.12. The minimum Gasteiger partial charge on any atom is -0.384 e. The summed E-state index contributed by atoms with van der Waals surface area (Å²) in [5, 5.41) is 11.7. The topological polar surface area (TPSA) is 140 Å². The fraction of sp³-hybridized carbons (Fsp3) is 0.0435. The molecule has 0 unspecified atom stereocenters. The predicted octanol–water partition coefficient (Wildman–Crippen LogP) is 3.37. The number of nitrogens with two attached hydrogens (primary N) is 2. The molecule has 6 N–H and O–H groups in total. The van der Waals surface area contributed by atoms with Gasteiger partial charge in [0, 0.05) is 28.6 Å². The summed E-state index contributed by atoms with van der Waals surface area (Å²) in [5.74, 6) is -0.905. The van der Waals surface area contributed by atoms with Crippen LogP contribution in [-0.4, -0.2) is 27.2 Å². The molecule has 0 spiro atoms. The third-order valence-corrected chi connectivity index (χ3v) is 5.24. The first-order valence-corrected chi connectivity index (χ1v) is 9.99. The number of primary amides is 1. The molecule has 2 aromatic carbocycles. The van der Waals surface area contributed by atoms with Crippen molar-refractivity contribution < 1.29 is 9.59 Å². The van der Waals surface area contributed by atoms with Crippen LogP contribution >= 0.6 is 11.6 Å². The van der Waals surface area contributed by atoms with E-state index < -0.39 is 5.91 Å². The van der Waals surface area contributed by atoms with Crippen LogP contribution in [0.1, 0.15) is 32.0 Å². The highest BCUT2D eigenvalue weighted by Gasteiger charge is 2.17. The monoisotopic (exact) mass is 446 g/mol. The van der Waals surface area contributed by atoms with Gasteiger partial charge in [-0.05, 0) is 42.0 Å². The van der Waals surface area contributed by atoms with Crippen molar-refractivity contribution in [2.75, 3.05) is 5.32 Å². The van der Waals surface area contributed by atoms with Gasteiger partial charge in [0.15, 0.2) is 0 Å². The molecular formula is C23H19ClN6O2. The van der Waals surface area contributed by atoms with Crippen LogP contribution in [0.4, 0.5) is 5.69 Å². The average molecular weight is 447 g/mol. The molecule has 0 aliphatic heterocycles. The van der Waals surface area contributed by atoms with Crippen molar-refractivity contribution in [1.29, 1.82) is 5.41 Å². The number of amidine groups is 1. The van der Waals surface area contributed by atoms with Gasteiger partial charge in [-0.3, -0.25) is 15.0 Å². The Kier molecular flexibility index (Phi) is 5.61. The predicted molar refractivity (Wildman–Crippen MR) is 124 cm³/mol. The van der Waals surface area contributed by atoms with Crippen molar-refractivity contribution in [2.24, 2.45) is 11.5 Å². The lowest BCUT2D eigenvalue weighted by molar-refractivity contribution is 0.0997. The number of carbonyl (C=O) groups excluding carboxylic acids is 2. The molecule has 0 bridgehead atoms. The molecule has 8 nitrogen and oxygen atoms in total. The Morgan fingerprint density at radius 1 is 1.00 bits per heavy atom. The van der Waals surface area contributed by atoms with Gasteiger partial charge in [0.1, 0.15) is 16.7 Å². The van der Waals surface area contributed by atoms with Crippen LogP contribution in [0.15, 0.2) is 66.9 Å². The molecule has 0 radical (unpaired) electrons. The van der Waals surface area contributed by atoms with Gasteiger partial charge in [-0.2, -0.15) is 0 Å². The van der Waals surface area contributed by atoms with E-state index in [1.165, 1.54) is 6.20 Å². The normalized spacial score (nSPS) is 10.8. The van der Waals surface area contributed by atoms with Crippen molar-refractivity contribution >= 4 is 45.8 Å². The maximum absolute atomic E-state index is 13.1. The number of pyridine rings is 1. The van der Waals surface area contributed by atoms with E-state index in [9.17, 15) is 9.59 Å². The maximum atomic E-state index is 13.1. The third kappa shape index (κ3) is 4.30. The summed E-state index contributed by atoms with van der Waals surface area (Å²) >= 11 is 5.82. The smallest absolute Gasteiger partial charge is 0.272 e. The zero-order valence-corrected chi connectivity index (χ0v) is 17.6. The summed E-state index contributed by atoms with van der Waals surface area (Å²) in [6, 6.07) is 17.2. The van der Waals surface area contributed by atoms with E-state index in [0.29, 0.717) is 34.2 Å². The summed E-state index contributed by atoms with van der Waals surface area (Å²) in [6.07, 6.45) is 1.48. The van der Waals surface area contributed by atoms with Gasteiger partial charge in [-0.1, -0.05) is 35.9 Å². The maximum Gasteiger partial charge on any atom is 0.272 e. The fourth-order valence-electron chi connectivity index (χ4n) is 3.38. The molecular weight excluding hydrogens is 428 g/mol. The van der Waals surface area contributed by atoms with E-state index in [-0.39, 0.29) is 11.7 Å². The number of anilines is 1. The Morgan fingerprint density at radius 2 is 1.72 bits per heavy atom. The summed E-state index contributed by atoms with van der Waals surface area (Å²) < 4.78 is 1.83. The Balaban J connectivity index is 1.76. The van der Waals surface area contributed by atoms with E-state index >= 15 is 0 Å². The second-order valence-corrected chi connectivity index (χ2v) is 7.58. The molecule has 0 saturated heterocycles. The molecule has 4 rings (SSSR count). The van der Waals surface area contributed by atoms with Crippen LogP contribution in [-0.2, 0) is 6.54 Å². The van der Waals surface area contributed by atoms with Crippen LogP contribution in [0.3, 0.4) is 0 Å². The molecule has 4 aromatic rings. The Hall–Kier alpha value is -4.17. The molecule has 9 heteroatoms. The molecule has 2 aromatic heterocycles. The number of carbonyl (C=O) groups is 2. The van der Waals surface area contributed by atoms with Crippen LogP contribution in [0.25, 0.3) is 10.9 Å². The summed E-state index contributed by atoms with van der Waals surface area (Å²) in [5.41, 5.74) is 14.5. The van der Waals surface area contributed by atoms with Crippen LogP contribution in [0.2, 0.25) is 5.15 Å². The van der Waals surface area contributed by atoms with E-state index in [2.05, 4.69) is 10.3 Å². The first-order chi connectivity index (χ1) is 15.3. The second-order valence-electron chi connectivity index (χ2n) is 7.19. The lowest BCUT2D eigenvalue weighted by atomic mass is 10.1. The molecule has 0 saturated carbocycles. The van der Waals surface area contributed by atoms with Gasteiger partial charge in [0.2, 0.25) is 5.91 Å². The van der Waals surface area contributed by atoms with E-state index in [1.54, 1.807) is 54.6 Å². The summed E-state index contributed by atoms with van der Waals surface area (Å²) in [7, 11) is 0. The SMILES string of the molecule is N=C(N)c1ccc2cc(C(=O)Nc3ccc(Cl)nc3)n(Cc3ccc(C(N)=O)cc3)c2c1. The van der Waals surface area contributed by atoms with E-state index in [4.69, 9.17) is 28.5 Å². The van der Waals surface area contributed by atoms with Gasteiger partial charge < -0.3 is 21.4 Å². The molecule has 32 heavy (non-hydrogen) atoms. The third-order valence-electron chi connectivity index (χ3n) is 5.01. The standard InChI is InChI=1S/C23H19ClN6O2/c24-20-8-7-17(11-28-20)29-23(32)19-9-15-5-6-16(21(25)26)10-18(15)30(19)12-13-1-3-14(4-2-13)22(27)31/h1-11H,12H2,(H3,25,26)(H2,27,31)(H,29,32). The van der Waals surface area contributed by atoms with E-state index in [1.807, 2.05) is 10.6 Å². The average Bonchev–Trinajstić information content (AvgIpc) is 3.13.